The molecule has 0 spiro atoms. The largest absolute Gasteiger partial charge is 0.384 e. The van der Waals surface area contributed by atoms with E-state index in [1.54, 1.807) is 0 Å². The number of rotatable bonds is 1. The average molecular weight is 242 g/mol. The van der Waals surface area contributed by atoms with E-state index in [1.807, 2.05) is 12.1 Å². The van der Waals surface area contributed by atoms with Crippen molar-refractivity contribution in [3.8, 4) is 0 Å². The molecule has 0 amide bonds. The van der Waals surface area contributed by atoms with Crippen LogP contribution in [0.5, 0.6) is 0 Å². The SMILES string of the molecule is CN1CCN(c2ccc3ccc(N)nc3c2)CC1. The Labute approximate surface area is 107 Å². The van der Waals surface area contributed by atoms with E-state index in [0.717, 1.165) is 37.1 Å². The van der Waals surface area contributed by atoms with Crippen LogP contribution in [0.4, 0.5) is 11.5 Å². The molecule has 0 unspecified atom stereocenters. The number of benzene rings is 1. The summed E-state index contributed by atoms with van der Waals surface area (Å²) in [5.41, 5.74) is 7.96. The van der Waals surface area contributed by atoms with Crippen molar-refractivity contribution in [2.24, 2.45) is 0 Å². The van der Waals surface area contributed by atoms with Crippen LogP contribution in [0.2, 0.25) is 0 Å². The maximum atomic E-state index is 5.74. The van der Waals surface area contributed by atoms with Gasteiger partial charge >= 0.3 is 0 Å². The summed E-state index contributed by atoms with van der Waals surface area (Å²) in [5, 5.41) is 1.14. The summed E-state index contributed by atoms with van der Waals surface area (Å²) in [5.74, 6) is 0.582. The van der Waals surface area contributed by atoms with Gasteiger partial charge in [0, 0.05) is 37.3 Å². The second-order valence-corrected chi connectivity index (χ2v) is 4.90. The molecular weight excluding hydrogens is 224 g/mol. The fraction of sp³-hybridized carbons (Fsp3) is 0.357. The molecular formula is C14H18N4. The predicted octanol–water partition coefficient (Wildman–Crippen LogP) is 1.57. The van der Waals surface area contributed by atoms with Crippen molar-refractivity contribution in [3.63, 3.8) is 0 Å². The Kier molecular flexibility index (Phi) is 2.80. The minimum atomic E-state index is 0.582. The Morgan fingerprint density at radius 1 is 1.06 bits per heavy atom. The molecule has 1 aromatic heterocycles. The highest BCUT2D eigenvalue weighted by atomic mass is 15.2. The lowest BCUT2D eigenvalue weighted by molar-refractivity contribution is 0.313. The smallest absolute Gasteiger partial charge is 0.124 e. The maximum absolute atomic E-state index is 5.74. The van der Waals surface area contributed by atoms with Crippen molar-refractivity contribution in [1.82, 2.24) is 9.88 Å². The second-order valence-electron chi connectivity index (χ2n) is 4.90. The molecule has 1 saturated heterocycles. The third kappa shape index (κ3) is 2.11. The number of nitrogens with zero attached hydrogens (tertiary/aromatic N) is 3. The first-order valence-electron chi connectivity index (χ1n) is 6.32. The summed E-state index contributed by atoms with van der Waals surface area (Å²) in [4.78, 5) is 9.15. The molecule has 0 aliphatic carbocycles. The van der Waals surface area contributed by atoms with Gasteiger partial charge in [-0.3, -0.25) is 0 Å². The monoisotopic (exact) mass is 242 g/mol. The molecule has 2 aromatic rings. The third-order valence-corrected chi connectivity index (χ3v) is 3.57. The highest BCUT2D eigenvalue weighted by molar-refractivity contribution is 5.83. The molecule has 3 rings (SSSR count). The molecule has 2 N–H and O–H groups in total. The van der Waals surface area contributed by atoms with Gasteiger partial charge in [0.25, 0.3) is 0 Å². The number of anilines is 2. The molecule has 18 heavy (non-hydrogen) atoms. The van der Waals surface area contributed by atoms with Gasteiger partial charge in [0.2, 0.25) is 0 Å². The van der Waals surface area contributed by atoms with Gasteiger partial charge < -0.3 is 15.5 Å². The molecule has 1 aliphatic heterocycles. The maximum Gasteiger partial charge on any atom is 0.124 e. The molecule has 1 fully saturated rings. The van der Waals surface area contributed by atoms with E-state index in [1.165, 1.54) is 5.69 Å². The normalized spacial score (nSPS) is 17.3. The number of likely N-dealkylation sites (N-methyl/N-ethyl adjacent to an activating group) is 1. The molecule has 0 saturated carbocycles. The minimum Gasteiger partial charge on any atom is -0.384 e. The van der Waals surface area contributed by atoms with Gasteiger partial charge in [0.15, 0.2) is 0 Å². The molecule has 0 radical (unpaired) electrons. The highest BCUT2D eigenvalue weighted by Crippen LogP contribution is 2.22. The van der Waals surface area contributed by atoms with Crippen LogP contribution in [0.1, 0.15) is 0 Å². The van der Waals surface area contributed by atoms with E-state index in [2.05, 4.69) is 40.0 Å². The summed E-state index contributed by atoms with van der Waals surface area (Å²) >= 11 is 0. The Morgan fingerprint density at radius 3 is 2.56 bits per heavy atom. The lowest BCUT2D eigenvalue weighted by atomic mass is 10.1. The average Bonchev–Trinajstić information content (AvgIpc) is 2.38. The van der Waals surface area contributed by atoms with Gasteiger partial charge in [0.05, 0.1) is 5.52 Å². The fourth-order valence-electron chi connectivity index (χ4n) is 2.38. The zero-order valence-electron chi connectivity index (χ0n) is 10.6. The summed E-state index contributed by atoms with van der Waals surface area (Å²) in [7, 11) is 2.17. The Balaban J connectivity index is 1.92. The van der Waals surface area contributed by atoms with Gasteiger partial charge in [-0.25, -0.2) is 4.98 Å². The molecule has 2 heterocycles. The van der Waals surface area contributed by atoms with Crippen LogP contribution >= 0.6 is 0 Å². The zero-order chi connectivity index (χ0) is 12.5. The summed E-state index contributed by atoms with van der Waals surface area (Å²) in [6, 6.07) is 10.3. The molecule has 4 heteroatoms. The van der Waals surface area contributed by atoms with Crippen molar-refractivity contribution in [2.45, 2.75) is 0 Å². The standard InChI is InChI=1S/C14H18N4/c1-17-6-8-18(9-7-17)12-4-2-11-3-5-14(15)16-13(11)10-12/h2-5,10H,6-9H2,1H3,(H2,15,16). The summed E-state index contributed by atoms with van der Waals surface area (Å²) in [6.45, 7) is 4.37. The van der Waals surface area contributed by atoms with Gasteiger partial charge in [-0.2, -0.15) is 0 Å². The quantitative estimate of drug-likeness (QED) is 0.824. The lowest BCUT2D eigenvalue weighted by Gasteiger charge is -2.34. The van der Waals surface area contributed by atoms with Gasteiger partial charge in [-0.1, -0.05) is 6.07 Å². The van der Waals surface area contributed by atoms with E-state index in [9.17, 15) is 0 Å². The number of pyridine rings is 1. The van der Waals surface area contributed by atoms with E-state index in [0.29, 0.717) is 5.82 Å². The Hall–Kier alpha value is -1.81. The highest BCUT2D eigenvalue weighted by Gasteiger charge is 2.14. The number of aromatic nitrogens is 1. The lowest BCUT2D eigenvalue weighted by Crippen LogP contribution is -2.44. The van der Waals surface area contributed by atoms with Gasteiger partial charge in [0.1, 0.15) is 5.82 Å². The zero-order valence-corrected chi connectivity index (χ0v) is 10.6. The van der Waals surface area contributed by atoms with Crippen molar-refractivity contribution in [1.29, 1.82) is 0 Å². The molecule has 0 atom stereocenters. The van der Waals surface area contributed by atoms with Crippen molar-refractivity contribution in [2.75, 3.05) is 43.9 Å². The molecule has 0 bridgehead atoms. The second kappa shape index (κ2) is 4.46. The van der Waals surface area contributed by atoms with Crippen LogP contribution in [0.15, 0.2) is 30.3 Å². The fourth-order valence-corrected chi connectivity index (χ4v) is 2.38. The molecule has 4 nitrogen and oxygen atoms in total. The number of piperazine rings is 1. The minimum absolute atomic E-state index is 0.582. The third-order valence-electron chi connectivity index (χ3n) is 3.57. The van der Waals surface area contributed by atoms with Gasteiger partial charge in [-0.05, 0) is 31.3 Å². The first kappa shape index (κ1) is 11.3. The number of hydrogen-bond donors (Lipinski definition) is 1. The molecule has 94 valence electrons. The summed E-state index contributed by atoms with van der Waals surface area (Å²) < 4.78 is 0. The Morgan fingerprint density at radius 2 is 1.78 bits per heavy atom. The van der Waals surface area contributed by atoms with Crippen LogP contribution < -0.4 is 10.6 Å². The predicted molar refractivity (Wildman–Crippen MR) is 75.9 cm³/mol. The number of fused-ring (bicyclic) bond motifs is 1. The topological polar surface area (TPSA) is 45.4 Å². The van der Waals surface area contributed by atoms with Crippen LogP contribution in [0, 0.1) is 0 Å². The van der Waals surface area contributed by atoms with Crippen LogP contribution in [-0.2, 0) is 0 Å². The van der Waals surface area contributed by atoms with E-state index in [4.69, 9.17) is 5.73 Å². The molecule has 1 aromatic carbocycles. The first-order chi connectivity index (χ1) is 8.72. The first-order valence-corrected chi connectivity index (χ1v) is 6.32. The van der Waals surface area contributed by atoms with Crippen LogP contribution in [0.3, 0.4) is 0 Å². The number of nitrogen functional groups attached to an aromatic ring is 1. The van der Waals surface area contributed by atoms with E-state index < -0.39 is 0 Å². The van der Waals surface area contributed by atoms with Crippen LogP contribution in [-0.4, -0.2) is 43.1 Å². The molecule has 1 aliphatic rings. The number of nitrogens with two attached hydrogens (primary N) is 1. The van der Waals surface area contributed by atoms with Crippen molar-refractivity contribution < 1.29 is 0 Å². The Bertz CT molecular complexity index is 559. The van der Waals surface area contributed by atoms with Gasteiger partial charge in [-0.15, -0.1) is 0 Å². The number of hydrogen-bond acceptors (Lipinski definition) is 4. The van der Waals surface area contributed by atoms with Crippen molar-refractivity contribution in [3.05, 3.63) is 30.3 Å². The summed E-state index contributed by atoms with van der Waals surface area (Å²) in [6.07, 6.45) is 0. The van der Waals surface area contributed by atoms with Crippen molar-refractivity contribution >= 4 is 22.4 Å². The van der Waals surface area contributed by atoms with Crippen LogP contribution in [0.25, 0.3) is 10.9 Å². The van der Waals surface area contributed by atoms with E-state index >= 15 is 0 Å². The van der Waals surface area contributed by atoms with E-state index in [-0.39, 0.29) is 0 Å².